The van der Waals surface area contributed by atoms with Gasteiger partial charge in [-0.2, -0.15) is 13.2 Å². The van der Waals surface area contributed by atoms with Crippen molar-refractivity contribution in [3.05, 3.63) is 33.4 Å². The molecule has 0 heterocycles. The Morgan fingerprint density at radius 2 is 1.65 bits per heavy atom. The van der Waals surface area contributed by atoms with Gasteiger partial charge in [0, 0.05) is 9.61 Å². The molecule has 2 rings (SSSR count). The highest BCUT2D eigenvalue weighted by atomic mass is 127. The summed E-state index contributed by atoms with van der Waals surface area (Å²) in [5.74, 6) is -0.905. The van der Waals surface area contributed by atoms with Crippen LogP contribution in [0, 0.1) is 15.4 Å². The maximum Gasteiger partial charge on any atom is 0.391 e. The summed E-state index contributed by atoms with van der Waals surface area (Å²) in [7, 11) is 0. The number of halogens is 4. The molecule has 0 bridgehead atoms. The molecule has 1 fully saturated rings. The van der Waals surface area contributed by atoms with Crippen molar-refractivity contribution in [2.24, 2.45) is 17.6 Å². The molecule has 0 aliphatic heterocycles. The SMILES string of the molecule is NC(Cc1ccc(I)cc1)C1CCC(C(F)(F)F)CC1. The first-order valence-electron chi connectivity index (χ1n) is 6.93. The van der Waals surface area contributed by atoms with Crippen molar-refractivity contribution in [3.63, 3.8) is 0 Å². The Morgan fingerprint density at radius 1 is 1.10 bits per heavy atom. The average molecular weight is 397 g/mol. The van der Waals surface area contributed by atoms with Crippen LogP contribution in [0.2, 0.25) is 0 Å². The normalized spacial score (nSPS) is 25.4. The molecular formula is C15H19F3IN. The minimum absolute atomic E-state index is 0.0377. The van der Waals surface area contributed by atoms with Crippen molar-refractivity contribution in [3.8, 4) is 0 Å². The Labute approximate surface area is 131 Å². The van der Waals surface area contributed by atoms with Crippen LogP contribution in [-0.4, -0.2) is 12.2 Å². The molecule has 1 aliphatic rings. The first-order valence-corrected chi connectivity index (χ1v) is 8.01. The third-order valence-corrected chi connectivity index (χ3v) is 4.94. The van der Waals surface area contributed by atoms with Crippen molar-refractivity contribution in [1.82, 2.24) is 0 Å². The van der Waals surface area contributed by atoms with Gasteiger partial charge in [0.1, 0.15) is 0 Å². The van der Waals surface area contributed by atoms with E-state index < -0.39 is 12.1 Å². The van der Waals surface area contributed by atoms with Crippen LogP contribution in [-0.2, 0) is 6.42 Å². The van der Waals surface area contributed by atoms with E-state index in [-0.39, 0.29) is 24.8 Å². The molecule has 1 unspecified atom stereocenters. The maximum atomic E-state index is 12.6. The predicted octanol–water partition coefficient (Wildman–Crippen LogP) is 4.53. The summed E-state index contributed by atoms with van der Waals surface area (Å²) in [6.45, 7) is 0. The van der Waals surface area contributed by atoms with Crippen LogP contribution in [0.1, 0.15) is 31.2 Å². The number of hydrogen-bond donors (Lipinski definition) is 1. The van der Waals surface area contributed by atoms with E-state index in [1.165, 1.54) is 3.57 Å². The van der Waals surface area contributed by atoms with Crippen molar-refractivity contribution in [2.75, 3.05) is 0 Å². The molecule has 0 saturated heterocycles. The highest BCUT2D eigenvalue weighted by molar-refractivity contribution is 14.1. The molecule has 112 valence electrons. The van der Waals surface area contributed by atoms with Gasteiger partial charge in [-0.1, -0.05) is 12.1 Å². The lowest BCUT2D eigenvalue weighted by Crippen LogP contribution is -2.37. The van der Waals surface area contributed by atoms with E-state index in [4.69, 9.17) is 5.73 Å². The third-order valence-electron chi connectivity index (χ3n) is 4.22. The molecule has 1 atom stereocenters. The van der Waals surface area contributed by atoms with Crippen LogP contribution in [0.25, 0.3) is 0 Å². The first-order chi connectivity index (χ1) is 9.36. The second-order valence-electron chi connectivity index (χ2n) is 5.65. The zero-order valence-electron chi connectivity index (χ0n) is 11.2. The second kappa shape index (κ2) is 6.64. The number of rotatable bonds is 3. The molecule has 1 aliphatic carbocycles. The second-order valence-corrected chi connectivity index (χ2v) is 6.89. The molecule has 1 aromatic carbocycles. The van der Waals surface area contributed by atoms with Gasteiger partial charge in [0.15, 0.2) is 0 Å². The zero-order chi connectivity index (χ0) is 14.8. The van der Waals surface area contributed by atoms with Crippen LogP contribution in [0.3, 0.4) is 0 Å². The summed E-state index contributed by atoms with van der Waals surface area (Å²) in [4.78, 5) is 0. The van der Waals surface area contributed by atoms with Gasteiger partial charge in [-0.3, -0.25) is 0 Å². The third kappa shape index (κ3) is 4.35. The molecular weight excluding hydrogens is 378 g/mol. The number of alkyl halides is 3. The summed E-state index contributed by atoms with van der Waals surface area (Å²) >= 11 is 2.25. The van der Waals surface area contributed by atoms with Crippen LogP contribution in [0.4, 0.5) is 13.2 Å². The molecule has 1 nitrogen and oxygen atoms in total. The average Bonchev–Trinajstić information content (AvgIpc) is 2.40. The molecule has 0 radical (unpaired) electrons. The predicted molar refractivity (Wildman–Crippen MR) is 82.3 cm³/mol. The summed E-state index contributed by atoms with van der Waals surface area (Å²) in [6.07, 6.45) is -1.64. The quantitative estimate of drug-likeness (QED) is 0.746. The van der Waals surface area contributed by atoms with Gasteiger partial charge in [0.05, 0.1) is 5.92 Å². The van der Waals surface area contributed by atoms with E-state index >= 15 is 0 Å². The van der Waals surface area contributed by atoms with Crippen LogP contribution < -0.4 is 5.73 Å². The summed E-state index contributed by atoms with van der Waals surface area (Å²) in [5, 5.41) is 0. The molecule has 0 aromatic heterocycles. The Hall–Kier alpha value is -0.300. The van der Waals surface area contributed by atoms with Crippen molar-refractivity contribution >= 4 is 22.6 Å². The van der Waals surface area contributed by atoms with Gasteiger partial charge in [-0.05, 0) is 78.3 Å². The number of hydrogen-bond acceptors (Lipinski definition) is 1. The van der Waals surface area contributed by atoms with Gasteiger partial charge in [0.25, 0.3) is 0 Å². The molecule has 0 amide bonds. The van der Waals surface area contributed by atoms with E-state index in [1.807, 2.05) is 24.3 Å². The highest BCUT2D eigenvalue weighted by Gasteiger charge is 2.42. The Kier molecular flexibility index (Phi) is 5.34. The van der Waals surface area contributed by atoms with Gasteiger partial charge in [-0.25, -0.2) is 0 Å². The molecule has 0 spiro atoms. The number of benzene rings is 1. The van der Waals surface area contributed by atoms with Crippen molar-refractivity contribution in [1.29, 1.82) is 0 Å². The Morgan fingerprint density at radius 3 is 2.15 bits per heavy atom. The fraction of sp³-hybridized carbons (Fsp3) is 0.600. The number of nitrogens with two attached hydrogens (primary N) is 1. The standard InChI is InChI=1S/C15H19F3IN/c16-15(17,18)12-5-3-11(4-6-12)14(20)9-10-1-7-13(19)8-2-10/h1-2,7-8,11-12,14H,3-6,9,20H2. The van der Waals surface area contributed by atoms with Crippen LogP contribution in [0.5, 0.6) is 0 Å². The van der Waals surface area contributed by atoms with Gasteiger partial charge < -0.3 is 5.73 Å². The molecule has 1 saturated carbocycles. The first kappa shape index (κ1) is 16.1. The topological polar surface area (TPSA) is 26.0 Å². The van der Waals surface area contributed by atoms with Crippen LogP contribution in [0.15, 0.2) is 24.3 Å². The van der Waals surface area contributed by atoms with Gasteiger partial charge >= 0.3 is 6.18 Å². The van der Waals surface area contributed by atoms with E-state index in [0.717, 1.165) is 12.0 Å². The van der Waals surface area contributed by atoms with E-state index in [2.05, 4.69) is 22.6 Å². The monoisotopic (exact) mass is 397 g/mol. The lowest BCUT2D eigenvalue weighted by atomic mass is 9.77. The van der Waals surface area contributed by atoms with Crippen LogP contribution >= 0.6 is 22.6 Å². The minimum atomic E-state index is -4.04. The van der Waals surface area contributed by atoms with E-state index in [9.17, 15) is 13.2 Å². The maximum absolute atomic E-state index is 12.6. The van der Waals surface area contributed by atoms with Gasteiger partial charge in [-0.15, -0.1) is 0 Å². The fourth-order valence-corrected chi connectivity index (χ4v) is 3.29. The summed E-state index contributed by atoms with van der Waals surface area (Å²) < 4.78 is 39.0. The Balaban J connectivity index is 1.85. The fourth-order valence-electron chi connectivity index (χ4n) is 2.93. The minimum Gasteiger partial charge on any atom is -0.327 e. The largest absolute Gasteiger partial charge is 0.391 e. The summed E-state index contributed by atoms with van der Waals surface area (Å²) in [5.41, 5.74) is 7.35. The van der Waals surface area contributed by atoms with Gasteiger partial charge in [0.2, 0.25) is 0 Å². The van der Waals surface area contributed by atoms with Crippen molar-refractivity contribution in [2.45, 2.75) is 44.3 Å². The smallest absolute Gasteiger partial charge is 0.327 e. The van der Waals surface area contributed by atoms with Crippen molar-refractivity contribution < 1.29 is 13.2 Å². The molecule has 5 heteroatoms. The lowest BCUT2D eigenvalue weighted by molar-refractivity contribution is -0.184. The molecule has 2 N–H and O–H groups in total. The van der Waals surface area contributed by atoms with E-state index in [0.29, 0.717) is 12.8 Å². The Bertz CT molecular complexity index is 422. The lowest BCUT2D eigenvalue weighted by Gasteiger charge is -2.33. The molecule has 1 aromatic rings. The molecule has 20 heavy (non-hydrogen) atoms. The zero-order valence-corrected chi connectivity index (χ0v) is 13.3. The van der Waals surface area contributed by atoms with E-state index in [1.54, 1.807) is 0 Å². The highest BCUT2D eigenvalue weighted by Crippen LogP contribution is 2.40. The summed E-state index contributed by atoms with van der Waals surface area (Å²) in [6, 6.07) is 8.11.